The van der Waals surface area contributed by atoms with Gasteiger partial charge in [-0.05, 0) is 24.5 Å². The Morgan fingerprint density at radius 1 is 1.12 bits per heavy atom. The van der Waals surface area contributed by atoms with Gasteiger partial charge in [0.05, 0.1) is 6.04 Å². The van der Waals surface area contributed by atoms with E-state index in [9.17, 15) is 9.59 Å². The van der Waals surface area contributed by atoms with Crippen molar-refractivity contribution in [3.8, 4) is 0 Å². The maximum absolute atomic E-state index is 12.7. The third kappa shape index (κ3) is 5.03. The van der Waals surface area contributed by atoms with Crippen LogP contribution in [-0.4, -0.2) is 67.6 Å². The van der Waals surface area contributed by atoms with Gasteiger partial charge in [0.1, 0.15) is 6.61 Å². The van der Waals surface area contributed by atoms with Crippen molar-refractivity contribution in [1.82, 2.24) is 9.80 Å². The molecule has 0 saturated carbocycles. The molecule has 1 fully saturated rings. The first-order valence-electron chi connectivity index (χ1n) is 8.84. The van der Waals surface area contributed by atoms with Crippen molar-refractivity contribution >= 4 is 17.5 Å². The van der Waals surface area contributed by atoms with Gasteiger partial charge in [0, 0.05) is 39.0 Å². The number of hydrogen-bond acceptors (Lipinski definition) is 4. The highest BCUT2D eigenvalue weighted by Gasteiger charge is 2.27. The summed E-state index contributed by atoms with van der Waals surface area (Å²) in [6.45, 7) is 8.90. The van der Waals surface area contributed by atoms with Crippen LogP contribution in [0.25, 0.3) is 0 Å². The molecule has 0 aliphatic carbocycles. The van der Waals surface area contributed by atoms with Gasteiger partial charge in [-0.1, -0.05) is 32.0 Å². The van der Waals surface area contributed by atoms with Crippen LogP contribution in [0, 0.1) is 0 Å². The fourth-order valence-electron chi connectivity index (χ4n) is 3.09. The van der Waals surface area contributed by atoms with Crippen molar-refractivity contribution in [1.29, 1.82) is 0 Å². The number of hydrogen-bond donors (Lipinski definition) is 1. The standard InChI is InChI=1S/C19H29N3O3/c1-14(2)16-7-5-6-8-17(16)20-19(24)15(3)21-9-11-22(12-10-21)18(23)13-25-4/h5-8,14-15H,9-13H2,1-4H3,(H,20,24). The lowest BCUT2D eigenvalue weighted by Gasteiger charge is -2.37. The molecule has 1 aliphatic rings. The van der Waals surface area contributed by atoms with Crippen LogP contribution in [0.4, 0.5) is 5.69 Å². The molecule has 0 radical (unpaired) electrons. The first-order valence-corrected chi connectivity index (χ1v) is 8.84. The van der Waals surface area contributed by atoms with Gasteiger partial charge in [0.2, 0.25) is 11.8 Å². The fourth-order valence-corrected chi connectivity index (χ4v) is 3.09. The van der Waals surface area contributed by atoms with Crippen molar-refractivity contribution in [2.24, 2.45) is 0 Å². The summed E-state index contributed by atoms with van der Waals surface area (Å²) in [5, 5.41) is 3.06. The molecule has 1 N–H and O–H groups in total. The Kier molecular flexibility index (Phi) is 6.96. The molecule has 6 heteroatoms. The number of para-hydroxylation sites is 1. The Morgan fingerprint density at radius 2 is 1.76 bits per heavy atom. The zero-order valence-electron chi connectivity index (χ0n) is 15.6. The van der Waals surface area contributed by atoms with E-state index in [4.69, 9.17) is 4.74 Å². The van der Waals surface area contributed by atoms with E-state index in [1.54, 1.807) is 4.90 Å². The van der Waals surface area contributed by atoms with E-state index in [0.29, 0.717) is 32.1 Å². The smallest absolute Gasteiger partial charge is 0.248 e. The Labute approximate surface area is 150 Å². The highest BCUT2D eigenvalue weighted by molar-refractivity contribution is 5.95. The molecule has 6 nitrogen and oxygen atoms in total. The minimum absolute atomic E-state index is 0.00474. The number of carbonyl (C=O) groups excluding carboxylic acids is 2. The lowest BCUT2D eigenvalue weighted by Crippen LogP contribution is -2.54. The van der Waals surface area contributed by atoms with Crippen LogP contribution in [0.5, 0.6) is 0 Å². The first-order chi connectivity index (χ1) is 11.9. The normalized spacial score (nSPS) is 16.8. The summed E-state index contributed by atoms with van der Waals surface area (Å²) >= 11 is 0. The Hall–Kier alpha value is -1.92. The topological polar surface area (TPSA) is 61.9 Å². The van der Waals surface area contributed by atoms with Gasteiger partial charge in [-0.25, -0.2) is 0 Å². The summed E-state index contributed by atoms with van der Waals surface area (Å²) in [4.78, 5) is 28.4. The molecular formula is C19H29N3O3. The van der Waals surface area contributed by atoms with Gasteiger partial charge < -0.3 is 15.0 Å². The van der Waals surface area contributed by atoms with Crippen molar-refractivity contribution in [2.75, 3.05) is 45.2 Å². The van der Waals surface area contributed by atoms with E-state index in [1.165, 1.54) is 7.11 Å². The summed E-state index contributed by atoms with van der Waals surface area (Å²) in [6.07, 6.45) is 0. The van der Waals surface area contributed by atoms with E-state index in [0.717, 1.165) is 11.3 Å². The molecule has 0 aromatic heterocycles. The zero-order valence-corrected chi connectivity index (χ0v) is 15.6. The minimum atomic E-state index is -0.236. The zero-order chi connectivity index (χ0) is 18.4. The second kappa shape index (κ2) is 8.97. The summed E-state index contributed by atoms with van der Waals surface area (Å²) in [5.41, 5.74) is 2.02. The van der Waals surface area contributed by atoms with E-state index >= 15 is 0 Å². The summed E-state index contributed by atoms with van der Waals surface area (Å²) in [6, 6.07) is 7.68. The molecule has 1 atom stereocenters. The molecule has 2 rings (SSSR count). The van der Waals surface area contributed by atoms with E-state index in [1.807, 2.05) is 31.2 Å². The van der Waals surface area contributed by atoms with Crippen LogP contribution in [0.3, 0.4) is 0 Å². The van der Waals surface area contributed by atoms with E-state index < -0.39 is 0 Å². The molecule has 2 amide bonds. The maximum atomic E-state index is 12.7. The van der Waals surface area contributed by atoms with Crippen molar-refractivity contribution in [3.05, 3.63) is 29.8 Å². The molecule has 1 saturated heterocycles. The number of anilines is 1. The number of nitrogens with one attached hydrogen (secondary N) is 1. The second-order valence-electron chi connectivity index (χ2n) is 6.76. The van der Waals surface area contributed by atoms with Crippen LogP contribution in [0.1, 0.15) is 32.3 Å². The highest BCUT2D eigenvalue weighted by atomic mass is 16.5. The monoisotopic (exact) mass is 347 g/mol. The number of benzene rings is 1. The lowest BCUT2D eigenvalue weighted by molar-refractivity contribution is -0.137. The van der Waals surface area contributed by atoms with Gasteiger partial charge in [0.15, 0.2) is 0 Å². The van der Waals surface area contributed by atoms with Gasteiger partial charge in [0.25, 0.3) is 0 Å². The van der Waals surface area contributed by atoms with Gasteiger partial charge in [-0.15, -0.1) is 0 Å². The first kappa shape index (κ1) is 19.4. The predicted octanol–water partition coefficient (Wildman–Crippen LogP) is 1.93. The predicted molar refractivity (Wildman–Crippen MR) is 98.7 cm³/mol. The second-order valence-corrected chi connectivity index (χ2v) is 6.76. The summed E-state index contributed by atoms with van der Waals surface area (Å²) in [7, 11) is 1.52. The molecule has 0 spiro atoms. The van der Waals surface area contributed by atoms with Crippen LogP contribution >= 0.6 is 0 Å². The third-order valence-corrected chi connectivity index (χ3v) is 4.70. The molecule has 1 aromatic carbocycles. The number of methoxy groups -OCH3 is 1. The minimum Gasteiger partial charge on any atom is -0.375 e. The molecule has 1 aromatic rings. The number of rotatable bonds is 6. The highest BCUT2D eigenvalue weighted by Crippen LogP contribution is 2.24. The Morgan fingerprint density at radius 3 is 2.36 bits per heavy atom. The average Bonchev–Trinajstić information content (AvgIpc) is 2.61. The third-order valence-electron chi connectivity index (χ3n) is 4.70. The lowest BCUT2D eigenvalue weighted by atomic mass is 10.0. The molecule has 1 unspecified atom stereocenters. The van der Waals surface area contributed by atoms with Crippen LogP contribution < -0.4 is 5.32 Å². The quantitative estimate of drug-likeness (QED) is 0.854. The van der Waals surface area contributed by atoms with Gasteiger partial charge in [-0.2, -0.15) is 0 Å². The number of nitrogens with zero attached hydrogens (tertiary/aromatic N) is 2. The SMILES string of the molecule is COCC(=O)N1CCN(C(C)C(=O)Nc2ccccc2C(C)C)CC1. The summed E-state index contributed by atoms with van der Waals surface area (Å²) in [5.74, 6) is 0.344. The molecule has 1 heterocycles. The molecule has 138 valence electrons. The average molecular weight is 347 g/mol. The molecule has 0 bridgehead atoms. The molecular weight excluding hydrogens is 318 g/mol. The maximum Gasteiger partial charge on any atom is 0.248 e. The van der Waals surface area contributed by atoms with Gasteiger partial charge in [-0.3, -0.25) is 14.5 Å². The number of ether oxygens (including phenoxy) is 1. The number of piperazine rings is 1. The van der Waals surface area contributed by atoms with Crippen LogP contribution in [-0.2, 0) is 14.3 Å². The summed E-state index contributed by atoms with van der Waals surface area (Å²) < 4.78 is 4.90. The Balaban J connectivity index is 1.92. The van der Waals surface area contributed by atoms with Crippen molar-refractivity contribution in [3.63, 3.8) is 0 Å². The van der Waals surface area contributed by atoms with Crippen LogP contribution in [0.2, 0.25) is 0 Å². The number of carbonyl (C=O) groups is 2. The van der Waals surface area contributed by atoms with Crippen molar-refractivity contribution in [2.45, 2.75) is 32.7 Å². The van der Waals surface area contributed by atoms with E-state index in [2.05, 4.69) is 24.1 Å². The molecule has 25 heavy (non-hydrogen) atoms. The van der Waals surface area contributed by atoms with Gasteiger partial charge >= 0.3 is 0 Å². The van der Waals surface area contributed by atoms with Crippen molar-refractivity contribution < 1.29 is 14.3 Å². The van der Waals surface area contributed by atoms with Crippen LogP contribution in [0.15, 0.2) is 24.3 Å². The number of amides is 2. The fraction of sp³-hybridized carbons (Fsp3) is 0.579. The van der Waals surface area contributed by atoms with E-state index in [-0.39, 0.29) is 24.5 Å². The largest absolute Gasteiger partial charge is 0.375 e. The molecule has 1 aliphatic heterocycles. The Bertz CT molecular complexity index is 595.